The topological polar surface area (TPSA) is 6.48 Å². The average Bonchev–Trinajstić information content (AvgIpc) is 2.38. The summed E-state index contributed by atoms with van der Waals surface area (Å²) in [5, 5.41) is 0. The quantitative estimate of drug-likeness (QED) is 0.743. The molecule has 2 aliphatic rings. The maximum Gasteiger partial charge on any atom is 0.0105 e. The Morgan fingerprint density at radius 2 is 1.82 bits per heavy atom. The molecule has 2 heterocycles. The maximum absolute atomic E-state index is 2.68. The fourth-order valence-corrected chi connectivity index (χ4v) is 3.51. The van der Waals surface area contributed by atoms with Crippen molar-refractivity contribution in [2.45, 2.75) is 57.9 Å². The van der Waals surface area contributed by atoms with Gasteiger partial charge in [0.05, 0.1) is 0 Å². The number of likely N-dealkylation sites (tertiary alicyclic amines) is 2. The van der Waals surface area contributed by atoms with E-state index in [0.717, 1.165) is 12.0 Å². The van der Waals surface area contributed by atoms with E-state index in [0.29, 0.717) is 0 Å². The number of hydrogen-bond donors (Lipinski definition) is 0. The van der Waals surface area contributed by atoms with Crippen LogP contribution >= 0.6 is 0 Å². The molecule has 0 aromatic heterocycles. The van der Waals surface area contributed by atoms with Gasteiger partial charge in [-0.15, -0.1) is 0 Å². The van der Waals surface area contributed by atoms with Crippen LogP contribution in [-0.2, 0) is 0 Å². The van der Waals surface area contributed by atoms with E-state index in [2.05, 4.69) is 23.8 Å². The van der Waals surface area contributed by atoms with Gasteiger partial charge in [-0.05, 0) is 64.7 Å². The molecule has 2 heteroatoms. The first-order valence-electron chi connectivity index (χ1n) is 7.72. The van der Waals surface area contributed by atoms with E-state index < -0.39 is 0 Å². The Labute approximate surface area is 107 Å². The van der Waals surface area contributed by atoms with Gasteiger partial charge in [-0.2, -0.15) is 0 Å². The van der Waals surface area contributed by atoms with Crippen LogP contribution in [0.25, 0.3) is 0 Å². The zero-order chi connectivity index (χ0) is 12.1. The lowest BCUT2D eigenvalue weighted by Crippen LogP contribution is -2.43. The molecule has 0 aliphatic carbocycles. The van der Waals surface area contributed by atoms with Crippen molar-refractivity contribution in [1.29, 1.82) is 0 Å². The Hall–Kier alpha value is -0.0800. The highest BCUT2D eigenvalue weighted by atomic mass is 15.2. The van der Waals surface area contributed by atoms with Crippen LogP contribution in [0.3, 0.4) is 0 Å². The summed E-state index contributed by atoms with van der Waals surface area (Å²) in [7, 11) is 2.34. The van der Waals surface area contributed by atoms with Crippen molar-refractivity contribution in [1.82, 2.24) is 9.80 Å². The van der Waals surface area contributed by atoms with Gasteiger partial charge in [0, 0.05) is 12.6 Å². The molecule has 0 bridgehead atoms. The lowest BCUT2D eigenvalue weighted by molar-refractivity contribution is 0.112. The fraction of sp³-hybridized carbons (Fsp3) is 1.00. The molecule has 2 nitrogen and oxygen atoms in total. The van der Waals surface area contributed by atoms with E-state index in [1.807, 2.05) is 0 Å². The van der Waals surface area contributed by atoms with Crippen LogP contribution < -0.4 is 0 Å². The molecule has 0 amide bonds. The van der Waals surface area contributed by atoms with Gasteiger partial charge in [0.25, 0.3) is 0 Å². The number of piperidine rings is 2. The van der Waals surface area contributed by atoms with Crippen molar-refractivity contribution in [3.63, 3.8) is 0 Å². The lowest BCUT2D eigenvalue weighted by atomic mass is 9.90. The van der Waals surface area contributed by atoms with E-state index in [9.17, 15) is 0 Å². The van der Waals surface area contributed by atoms with Crippen LogP contribution in [0.5, 0.6) is 0 Å². The minimum Gasteiger partial charge on any atom is -0.303 e. The minimum absolute atomic E-state index is 0.861. The first kappa shape index (κ1) is 13.4. The van der Waals surface area contributed by atoms with Crippen molar-refractivity contribution in [2.75, 3.05) is 33.2 Å². The summed E-state index contributed by atoms with van der Waals surface area (Å²) < 4.78 is 0. The van der Waals surface area contributed by atoms with Crippen molar-refractivity contribution < 1.29 is 0 Å². The molecule has 2 fully saturated rings. The molecule has 2 saturated heterocycles. The molecule has 2 rings (SSSR count). The Morgan fingerprint density at radius 3 is 2.47 bits per heavy atom. The summed E-state index contributed by atoms with van der Waals surface area (Å²) in [6.07, 6.45) is 9.97. The Kier molecular flexibility index (Phi) is 5.30. The van der Waals surface area contributed by atoms with Gasteiger partial charge in [0.15, 0.2) is 0 Å². The van der Waals surface area contributed by atoms with Gasteiger partial charge >= 0.3 is 0 Å². The molecule has 0 unspecified atom stereocenters. The van der Waals surface area contributed by atoms with E-state index in [1.165, 1.54) is 71.1 Å². The third-order valence-corrected chi connectivity index (χ3v) is 4.88. The molecule has 0 spiro atoms. The largest absolute Gasteiger partial charge is 0.303 e. The standard InChI is InChI=1S/C15H30N2/c1-3-14-7-8-15(16(2)13-14)9-12-17-10-5-4-6-11-17/h14-15H,3-13H2,1-2H3/t14-,15+/m1/s1. The third kappa shape index (κ3) is 3.96. The van der Waals surface area contributed by atoms with Crippen molar-refractivity contribution in [3.8, 4) is 0 Å². The van der Waals surface area contributed by atoms with Crippen LogP contribution in [0.1, 0.15) is 51.9 Å². The predicted molar refractivity (Wildman–Crippen MR) is 74.3 cm³/mol. The second-order valence-corrected chi connectivity index (χ2v) is 6.14. The number of rotatable bonds is 4. The summed E-state index contributed by atoms with van der Waals surface area (Å²) in [5.41, 5.74) is 0. The van der Waals surface area contributed by atoms with Crippen LogP contribution in [0.15, 0.2) is 0 Å². The summed E-state index contributed by atoms with van der Waals surface area (Å²) in [6.45, 7) is 7.72. The van der Waals surface area contributed by atoms with Crippen LogP contribution in [0.4, 0.5) is 0 Å². The monoisotopic (exact) mass is 238 g/mol. The van der Waals surface area contributed by atoms with Crippen molar-refractivity contribution in [3.05, 3.63) is 0 Å². The van der Waals surface area contributed by atoms with Gasteiger partial charge in [-0.25, -0.2) is 0 Å². The molecule has 17 heavy (non-hydrogen) atoms. The highest BCUT2D eigenvalue weighted by molar-refractivity contribution is 4.80. The van der Waals surface area contributed by atoms with Gasteiger partial charge in [0.1, 0.15) is 0 Å². The number of hydrogen-bond acceptors (Lipinski definition) is 2. The first-order chi connectivity index (χ1) is 8.29. The highest BCUT2D eigenvalue weighted by Gasteiger charge is 2.24. The van der Waals surface area contributed by atoms with Gasteiger partial charge in [-0.3, -0.25) is 0 Å². The van der Waals surface area contributed by atoms with E-state index in [1.54, 1.807) is 0 Å². The first-order valence-corrected chi connectivity index (χ1v) is 7.72. The predicted octanol–water partition coefficient (Wildman–Crippen LogP) is 2.98. The van der Waals surface area contributed by atoms with E-state index >= 15 is 0 Å². The zero-order valence-electron chi connectivity index (χ0n) is 11.8. The third-order valence-electron chi connectivity index (χ3n) is 4.88. The van der Waals surface area contributed by atoms with Gasteiger partial charge < -0.3 is 9.80 Å². The molecule has 0 saturated carbocycles. The smallest absolute Gasteiger partial charge is 0.0105 e. The van der Waals surface area contributed by atoms with Crippen molar-refractivity contribution in [2.24, 2.45) is 5.92 Å². The normalized spacial score (nSPS) is 32.8. The Morgan fingerprint density at radius 1 is 1.06 bits per heavy atom. The average molecular weight is 238 g/mol. The summed E-state index contributed by atoms with van der Waals surface area (Å²) >= 11 is 0. The lowest BCUT2D eigenvalue weighted by Gasteiger charge is -2.38. The molecule has 2 atom stereocenters. The Balaban J connectivity index is 1.68. The second-order valence-electron chi connectivity index (χ2n) is 6.14. The summed E-state index contributed by atoms with van der Waals surface area (Å²) in [5.74, 6) is 0.964. The SMILES string of the molecule is CC[C@@H]1CC[C@@H](CCN2CCCCC2)N(C)C1. The number of nitrogens with zero attached hydrogens (tertiary/aromatic N) is 2. The highest BCUT2D eigenvalue weighted by Crippen LogP contribution is 2.25. The fourth-order valence-electron chi connectivity index (χ4n) is 3.51. The van der Waals surface area contributed by atoms with Crippen LogP contribution in [0, 0.1) is 5.92 Å². The summed E-state index contributed by atoms with van der Waals surface area (Å²) in [4.78, 5) is 5.31. The van der Waals surface area contributed by atoms with Crippen molar-refractivity contribution >= 4 is 0 Å². The summed E-state index contributed by atoms with van der Waals surface area (Å²) in [6, 6.07) is 0.861. The molecule has 0 aromatic rings. The molecule has 0 aromatic carbocycles. The van der Waals surface area contributed by atoms with Gasteiger partial charge in [-0.1, -0.05) is 19.8 Å². The molecule has 2 aliphatic heterocycles. The second kappa shape index (κ2) is 6.75. The molecular weight excluding hydrogens is 208 g/mol. The van der Waals surface area contributed by atoms with Gasteiger partial charge in [0.2, 0.25) is 0 Å². The Bertz CT molecular complexity index is 211. The van der Waals surface area contributed by atoms with E-state index in [-0.39, 0.29) is 0 Å². The molecule has 0 N–H and O–H groups in total. The zero-order valence-corrected chi connectivity index (χ0v) is 11.8. The molecule has 100 valence electrons. The molecule has 0 radical (unpaired) electrons. The van der Waals surface area contributed by atoms with Crippen LogP contribution in [-0.4, -0.2) is 49.1 Å². The minimum atomic E-state index is 0.861. The van der Waals surface area contributed by atoms with Crippen LogP contribution in [0.2, 0.25) is 0 Å². The molecular formula is C15H30N2. The maximum atomic E-state index is 2.68. The van der Waals surface area contributed by atoms with E-state index in [4.69, 9.17) is 0 Å².